The average molecular weight is 420 g/mol. The molecule has 0 aliphatic carbocycles. The van der Waals surface area contributed by atoms with Gasteiger partial charge >= 0.3 is 0 Å². The van der Waals surface area contributed by atoms with Crippen LogP contribution in [0.1, 0.15) is 24.3 Å². The van der Waals surface area contributed by atoms with E-state index in [-0.39, 0.29) is 18.0 Å². The number of carbonyl (C=O) groups excluding carboxylic acids is 2. The number of aryl methyl sites for hydroxylation is 1. The molecule has 0 unspecified atom stereocenters. The van der Waals surface area contributed by atoms with E-state index in [1.165, 1.54) is 16.9 Å². The van der Waals surface area contributed by atoms with Crippen molar-refractivity contribution in [2.75, 3.05) is 6.54 Å². The van der Waals surface area contributed by atoms with Crippen LogP contribution < -0.4 is 0 Å². The van der Waals surface area contributed by atoms with Crippen molar-refractivity contribution in [1.29, 1.82) is 5.26 Å². The third-order valence-electron chi connectivity index (χ3n) is 4.84. The Hall–Kier alpha value is -3.08. The fraction of sp³-hybridized carbons (Fsp3) is 0.182. The molecule has 144 valence electrons. The summed E-state index contributed by atoms with van der Waals surface area (Å²) in [4.78, 5) is 32.7. The summed E-state index contributed by atoms with van der Waals surface area (Å²) in [6.45, 7) is 5.66. The molecule has 0 saturated carbocycles. The molecule has 0 N–H and O–H groups in total. The van der Waals surface area contributed by atoms with E-state index >= 15 is 0 Å². The van der Waals surface area contributed by atoms with Crippen molar-refractivity contribution in [2.45, 2.75) is 20.8 Å². The molecule has 0 atom stereocenters. The lowest BCUT2D eigenvalue weighted by Crippen LogP contribution is -2.42. The van der Waals surface area contributed by atoms with Gasteiger partial charge in [-0.25, -0.2) is 4.98 Å². The molecule has 2 aromatic heterocycles. The van der Waals surface area contributed by atoms with Crippen molar-refractivity contribution in [3.63, 3.8) is 0 Å². The van der Waals surface area contributed by atoms with Gasteiger partial charge in [0.05, 0.1) is 4.70 Å². The van der Waals surface area contributed by atoms with Gasteiger partial charge in [-0.2, -0.15) is 5.26 Å². The lowest BCUT2D eigenvalue weighted by molar-refractivity contribution is -0.140. The van der Waals surface area contributed by atoms with Crippen LogP contribution in [0.5, 0.6) is 0 Å². The largest absolute Gasteiger partial charge is 0.274 e. The van der Waals surface area contributed by atoms with Crippen LogP contribution >= 0.6 is 22.7 Å². The predicted octanol–water partition coefficient (Wildman–Crippen LogP) is 4.95. The Morgan fingerprint density at radius 1 is 1.14 bits per heavy atom. The molecular weight excluding hydrogens is 402 g/mol. The van der Waals surface area contributed by atoms with Crippen LogP contribution in [0, 0.1) is 18.3 Å². The molecule has 3 aromatic rings. The number of hydrogen-bond donors (Lipinski definition) is 0. The Balaban J connectivity index is 1.74. The van der Waals surface area contributed by atoms with E-state index in [2.05, 4.69) is 31.2 Å². The van der Waals surface area contributed by atoms with Crippen LogP contribution in [-0.4, -0.2) is 28.2 Å². The second-order valence-corrected chi connectivity index (χ2v) is 8.82. The van der Waals surface area contributed by atoms with Crippen LogP contribution in [0.25, 0.3) is 26.2 Å². The highest BCUT2D eigenvalue weighted by atomic mass is 32.1. The maximum Gasteiger partial charge on any atom is 0.271 e. The first-order valence-electron chi connectivity index (χ1n) is 9.09. The highest BCUT2D eigenvalue weighted by molar-refractivity contribution is 7.29. The van der Waals surface area contributed by atoms with Gasteiger partial charge in [0.1, 0.15) is 21.5 Å². The minimum absolute atomic E-state index is 0.0239. The molecule has 1 aliphatic heterocycles. The number of thiophene rings is 1. The zero-order chi connectivity index (χ0) is 20.7. The third kappa shape index (κ3) is 3.31. The molecule has 5 nitrogen and oxygen atoms in total. The van der Waals surface area contributed by atoms with Gasteiger partial charge in [0.25, 0.3) is 11.8 Å². The third-order valence-corrected chi connectivity index (χ3v) is 6.99. The number of nitriles is 1. The smallest absolute Gasteiger partial charge is 0.271 e. The number of hydrogen-bond acceptors (Lipinski definition) is 6. The van der Waals surface area contributed by atoms with Crippen molar-refractivity contribution >= 4 is 50.1 Å². The van der Waals surface area contributed by atoms with Crippen LogP contribution in [0.15, 0.2) is 47.1 Å². The fourth-order valence-corrected chi connectivity index (χ4v) is 5.38. The SMILES string of the molecule is CCN1C(=O)C(C#N)=C(C)/C(=C/c2cc3sc(-c4ccc(C)cc4)nc3s2)C1=O. The fourth-order valence-electron chi connectivity index (χ4n) is 3.20. The number of aromatic nitrogens is 1. The number of nitrogens with zero attached hydrogens (tertiary/aromatic N) is 3. The monoisotopic (exact) mass is 419 g/mol. The summed E-state index contributed by atoms with van der Waals surface area (Å²) >= 11 is 3.10. The minimum atomic E-state index is -0.522. The molecule has 0 spiro atoms. The van der Waals surface area contributed by atoms with Crippen molar-refractivity contribution < 1.29 is 9.59 Å². The molecule has 7 heteroatoms. The number of likely N-dealkylation sites (N-methyl/N-ethyl adjacent to an activating group) is 1. The Labute approximate surface area is 176 Å². The van der Waals surface area contributed by atoms with E-state index < -0.39 is 5.91 Å². The van der Waals surface area contributed by atoms with Crippen LogP contribution in [0.3, 0.4) is 0 Å². The molecule has 0 radical (unpaired) electrons. The summed E-state index contributed by atoms with van der Waals surface area (Å²) in [5.41, 5.74) is 3.13. The van der Waals surface area contributed by atoms with Crippen molar-refractivity contribution in [3.8, 4) is 16.6 Å². The van der Waals surface area contributed by atoms with Gasteiger partial charge in [0.2, 0.25) is 0 Å². The van der Waals surface area contributed by atoms with E-state index in [0.717, 1.165) is 29.9 Å². The second-order valence-electron chi connectivity index (χ2n) is 6.73. The standard InChI is InChI=1S/C22H17N3O2S2/c1-4-25-21(26)16(13(3)17(11-23)22(25)27)9-15-10-18-20(28-15)24-19(29-18)14-7-5-12(2)6-8-14/h5-10H,4H2,1-3H3/b16-9-. The molecular formula is C22H17N3O2S2. The summed E-state index contributed by atoms with van der Waals surface area (Å²) in [5, 5.41) is 10.3. The van der Waals surface area contributed by atoms with Crippen LogP contribution in [0.4, 0.5) is 0 Å². The summed E-state index contributed by atoms with van der Waals surface area (Å²) in [5.74, 6) is -0.884. The number of imide groups is 1. The molecule has 0 saturated heterocycles. The number of rotatable bonds is 3. The number of carbonyl (C=O) groups is 2. The Morgan fingerprint density at radius 3 is 2.48 bits per heavy atom. The lowest BCUT2D eigenvalue weighted by atomic mass is 9.95. The zero-order valence-corrected chi connectivity index (χ0v) is 17.8. The Bertz CT molecular complexity index is 1220. The number of amides is 2. The molecule has 0 fully saturated rings. The van der Waals surface area contributed by atoms with Gasteiger partial charge in [-0.15, -0.1) is 22.7 Å². The summed E-state index contributed by atoms with van der Waals surface area (Å²) in [6, 6.07) is 12.2. The van der Waals surface area contributed by atoms with Crippen molar-refractivity contribution in [3.05, 3.63) is 57.5 Å². The Morgan fingerprint density at radius 2 is 1.86 bits per heavy atom. The number of fused-ring (bicyclic) bond motifs is 1. The van der Waals surface area contributed by atoms with Gasteiger partial charge in [-0.05, 0) is 38.5 Å². The molecule has 3 heterocycles. The van der Waals surface area contributed by atoms with E-state index in [1.54, 1.807) is 31.3 Å². The summed E-state index contributed by atoms with van der Waals surface area (Å²) < 4.78 is 1.05. The molecule has 0 bridgehead atoms. The minimum Gasteiger partial charge on any atom is -0.274 e. The number of benzene rings is 1. The van der Waals surface area contributed by atoms with Crippen LogP contribution in [0.2, 0.25) is 0 Å². The first-order valence-corrected chi connectivity index (χ1v) is 10.7. The maximum atomic E-state index is 12.7. The van der Waals surface area contributed by atoms with E-state index in [1.807, 2.05) is 12.1 Å². The lowest BCUT2D eigenvalue weighted by Gasteiger charge is -2.26. The van der Waals surface area contributed by atoms with Crippen molar-refractivity contribution in [2.24, 2.45) is 0 Å². The maximum absolute atomic E-state index is 12.7. The average Bonchev–Trinajstić information content (AvgIpc) is 3.25. The van der Waals surface area contributed by atoms with Gasteiger partial charge in [-0.3, -0.25) is 14.5 Å². The highest BCUT2D eigenvalue weighted by Crippen LogP contribution is 2.37. The second kappa shape index (κ2) is 7.39. The predicted molar refractivity (Wildman–Crippen MR) is 116 cm³/mol. The molecule has 1 aliphatic rings. The molecule has 29 heavy (non-hydrogen) atoms. The summed E-state index contributed by atoms with van der Waals surface area (Å²) in [6.07, 6.45) is 1.76. The van der Waals surface area contributed by atoms with E-state index in [0.29, 0.717) is 11.1 Å². The van der Waals surface area contributed by atoms with Gasteiger partial charge in [0.15, 0.2) is 0 Å². The van der Waals surface area contributed by atoms with E-state index in [4.69, 9.17) is 4.98 Å². The summed E-state index contributed by atoms with van der Waals surface area (Å²) in [7, 11) is 0. The molecule has 1 aromatic carbocycles. The van der Waals surface area contributed by atoms with Crippen molar-refractivity contribution in [1.82, 2.24) is 9.88 Å². The Kier molecular flexibility index (Phi) is 4.91. The topological polar surface area (TPSA) is 74.1 Å². The van der Waals surface area contributed by atoms with Crippen LogP contribution in [-0.2, 0) is 9.59 Å². The van der Waals surface area contributed by atoms with Gasteiger partial charge in [-0.1, -0.05) is 29.8 Å². The zero-order valence-electron chi connectivity index (χ0n) is 16.1. The quantitative estimate of drug-likeness (QED) is 0.445. The van der Waals surface area contributed by atoms with E-state index in [9.17, 15) is 14.9 Å². The number of thiazole rings is 1. The molecule has 2 amide bonds. The first kappa shape index (κ1) is 19.2. The van der Waals surface area contributed by atoms with Gasteiger partial charge < -0.3 is 0 Å². The normalized spacial score (nSPS) is 16.2. The molecule has 4 rings (SSSR count). The first-order chi connectivity index (χ1) is 13.9. The highest BCUT2D eigenvalue weighted by Gasteiger charge is 2.34. The van der Waals surface area contributed by atoms with Gasteiger partial charge in [0, 0.05) is 22.6 Å².